The summed E-state index contributed by atoms with van der Waals surface area (Å²) >= 11 is 0. The predicted octanol–water partition coefficient (Wildman–Crippen LogP) is 2.36. The number of aromatic nitrogens is 2. The van der Waals surface area contributed by atoms with Crippen LogP contribution in [0.5, 0.6) is 0 Å². The van der Waals surface area contributed by atoms with E-state index in [2.05, 4.69) is 22.5 Å². The Hall–Kier alpha value is -1.43. The largest absolute Gasteiger partial charge is 0.384 e. The molecule has 0 saturated heterocycles. The molecule has 1 unspecified atom stereocenters. The van der Waals surface area contributed by atoms with Crippen molar-refractivity contribution in [1.82, 2.24) is 9.55 Å². The fourth-order valence-corrected chi connectivity index (χ4v) is 2.74. The number of benzene rings is 1. The fourth-order valence-electron chi connectivity index (χ4n) is 2.74. The molecule has 0 aliphatic rings. The van der Waals surface area contributed by atoms with Crippen molar-refractivity contribution in [3.05, 3.63) is 30.1 Å². The van der Waals surface area contributed by atoms with Crippen molar-refractivity contribution in [2.75, 3.05) is 14.2 Å². The molecular formula is C16H24N2O3. The number of hydrogen-bond donors (Lipinski definition) is 1. The van der Waals surface area contributed by atoms with Crippen LogP contribution < -0.4 is 0 Å². The summed E-state index contributed by atoms with van der Waals surface area (Å²) in [6.07, 6.45) is 0.689. The number of para-hydroxylation sites is 2. The van der Waals surface area contributed by atoms with E-state index in [4.69, 9.17) is 9.47 Å². The lowest BCUT2D eigenvalue weighted by molar-refractivity contribution is -0.208. The van der Waals surface area contributed by atoms with Crippen LogP contribution in [0.15, 0.2) is 24.3 Å². The van der Waals surface area contributed by atoms with E-state index in [0.29, 0.717) is 6.42 Å². The number of methoxy groups -OCH3 is 2. The molecule has 5 nitrogen and oxygen atoms in total. The molecule has 0 bridgehead atoms. The van der Waals surface area contributed by atoms with Gasteiger partial charge in [0.05, 0.1) is 11.0 Å². The van der Waals surface area contributed by atoms with Crippen LogP contribution in [0.3, 0.4) is 0 Å². The van der Waals surface area contributed by atoms with Crippen molar-refractivity contribution in [3.63, 3.8) is 0 Å². The molecule has 1 aromatic carbocycles. The third-order valence-electron chi connectivity index (χ3n) is 3.63. The van der Waals surface area contributed by atoms with Crippen molar-refractivity contribution in [2.24, 2.45) is 0 Å². The number of nitrogens with zero attached hydrogens (tertiary/aromatic N) is 2. The third-order valence-corrected chi connectivity index (χ3v) is 3.63. The summed E-state index contributed by atoms with van der Waals surface area (Å²) in [5.41, 5.74) is 0.899. The molecule has 1 atom stereocenters. The fraction of sp³-hybridized carbons (Fsp3) is 0.562. The topological polar surface area (TPSA) is 56.5 Å². The number of ether oxygens (including phenoxy) is 2. The molecule has 1 N–H and O–H groups in total. The van der Waals surface area contributed by atoms with Crippen molar-refractivity contribution in [3.8, 4) is 0 Å². The van der Waals surface area contributed by atoms with E-state index in [0.717, 1.165) is 29.8 Å². The lowest BCUT2D eigenvalue weighted by atomic mass is 10.0. The summed E-state index contributed by atoms with van der Waals surface area (Å²) in [4.78, 5) is 4.66. The Bertz CT molecular complexity index is 588. The van der Waals surface area contributed by atoms with Gasteiger partial charge >= 0.3 is 0 Å². The van der Waals surface area contributed by atoms with Crippen LogP contribution in [-0.2, 0) is 22.4 Å². The summed E-state index contributed by atoms with van der Waals surface area (Å²) in [6.45, 7) is 4.71. The van der Waals surface area contributed by atoms with Crippen molar-refractivity contribution in [1.29, 1.82) is 0 Å². The molecule has 5 heteroatoms. The summed E-state index contributed by atoms with van der Waals surface area (Å²) < 4.78 is 12.6. The predicted molar refractivity (Wildman–Crippen MR) is 82.2 cm³/mol. The van der Waals surface area contributed by atoms with Crippen LogP contribution in [0.25, 0.3) is 11.0 Å². The monoisotopic (exact) mass is 292 g/mol. The van der Waals surface area contributed by atoms with Gasteiger partial charge in [0.2, 0.25) is 0 Å². The van der Waals surface area contributed by atoms with Crippen LogP contribution in [0.1, 0.15) is 26.1 Å². The molecular weight excluding hydrogens is 268 g/mol. The Balaban J connectivity index is 2.39. The van der Waals surface area contributed by atoms with E-state index in [9.17, 15) is 5.11 Å². The van der Waals surface area contributed by atoms with E-state index in [1.165, 1.54) is 14.2 Å². The van der Waals surface area contributed by atoms with Crippen molar-refractivity contribution >= 4 is 11.0 Å². The van der Waals surface area contributed by atoms with Gasteiger partial charge in [0.15, 0.2) is 6.29 Å². The van der Waals surface area contributed by atoms with Crippen LogP contribution in [0, 0.1) is 0 Å². The lowest BCUT2D eigenvalue weighted by Crippen LogP contribution is -2.44. The standard InChI is InChI=1S/C16H24N2O3/c1-5-10-18-13-9-7-6-8-12(13)17-14(18)11-16(2,19)15(20-3)21-4/h6-9,15,19H,5,10-11H2,1-4H3. The Morgan fingerprint density at radius 2 is 1.95 bits per heavy atom. The molecule has 0 amide bonds. The number of hydrogen-bond acceptors (Lipinski definition) is 4. The lowest BCUT2D eigenvalue weighted by Gasteiger charge is -2.30. The Morgan fingerprint density at radius 1 is 1.29 bits per heavy atom. The summed E-state index contributed by atoms with van der Waals surface area (Å²) in [5, 5.41) is 10.6. The van der Waals surface area contributed by atoms with Crippen LogP contribution in [0.2, 0.25) is 0 Å². The zero-order valence-electron chi connectivity index (χ0n) is 13.2. The Morgan fingerprint density at radius 3 is 2.57 bits per heavy atom. The Kier molecular flexibility index (Phi) is 4.98. The minimum atomic E-state index is -1.14. The normalized spacial score (nSPS) is 14.8. The summed E-state index contributed by atoms with van der Waals surface area (Å²) in [7, 11) is 3.05. The van der Waals surface area contributed by atoms with Gasteiger partial charge in [-0.15, -0.1) is 0 Å². The molecule has 0 saturated carbocycles. The number of imidazole rings is 1. The van der Waals surface area contributed by atoms with E-state index in [-0.39, 0.29) is 0 Å². The minimum absolute atomic E-state index is 0.369. The maximum absolute atomic E-state index is 10.6. The average molecular weight is 292 g/mol. The molecule has 2 aromatic rings. The van der Waals surface area contributed by atoms with Gasteiger partial charge in [0.1, 0.15) is 11.4 Å². The average Bonchev–Trinajstić information content (AvgIpc) is 2.77. The van der Waals surface area contributed by atoms with Gasteiger partial charge in [-0.2, -0.15) is 0 Å². The van der Waals surface area contributed by atoms with E-state index < -0.39 is 11.9 Å². The Labute approximate surface area is 125 Å². The number of aryl methyl sites for hydroxylation is 1. The maximum Gasteiger partial charge on any atom is 0.185 e. The molecule has 0 radical (unpaired) electrons. The first kappa shape index (κ1) is 15.9. The van der Waals surface area contributed by atoms with Crippen LogP contribution in [0.4, 0.5) is 0 Å². The number of rotatable bonds is 7. The van der Waals surface area contributed by atoms with Gasteiger partial charge < -0.3 is 19.1 Å². The van der Waals surface area contributed by atoms with Gasteiger partial charge in [0.25, 0.3) is 0 Å². The third kappa shape index (κ3) is 3.26. The van der Waals surface area contributed by atoms with E-state index in [1.807, 2.05) is 18.2 Å². The van der Waals surface area contributed by atoms with Gasteiger partial charge in [-0.25, -0.2) is 4.98 Å². The highest BCUT2D eigenvalue weighted by molar-refractivity contribution is 5.75. The first-order chi connectivity index (χ1) is 10.0. The first-order valence-corrected chi connectivity index (χ1v) is 7.25. The molecule has 0 aliphatic heterocycles. The highest BCUT2D eigenvalue weighted by atomic mass is 16.7. The first-order valence-electron chi connectivity index (χ1n) is 7.25. The SMILES string of the molecule is CCCn1c(CC(C)(O)C(OC)OC)nc2ccccc21. The second-order valence-corrected chi connectivity index (χ2v) is 5.51. The molecule has 0 fully saturated rings. The second-order valence-electron chi connectivity index (χ2n) is 5.51. The minimum Gasteiger partial charge on any atom is -0.384 e. The molecule has 0 aliphatic carbocycles. The number of fused-ring (bicyclic) bond motifs is 1. The van der Waals surface area contributed by atoms with Crippen molar-refractivity contribution in [2.45, 2.75) is 45.1 Å². The van der Waals surface area contributed by atoms with Gasteiger partial charge in [0, 0.05) is 27.2 Å². The van der Waals surface area contributed by atoms with Crippen molar-refractivity contribution < 1.29 is 14.6 Å². The van der Waals surface area contributed by atoms with Crippen LogP contribution >= 0.6 is 0 Å². The summed E-state index contributed by atoms with van der Waals surface area (Å²) in [5.74, 6) is 0.849. The van der Waals surface area contributed by atoms with E-state index in [1.54, 1.807) is 6.92 Å². The van der Waals surface area contributed by atoms with E-state index >= 15 is 0 Å². The van der Waals surface area contributed by atoms with Gasteiger partial charge in [-0.05, 0) is 25.5 Å². The molecule has 21 heavy (non-hydrogen) atoms. The van der Waals surface area contributed by atoms with Gasteiger partial charge in [-0.1, -0.05) is 19.1 Å². The van der Waals surface area contributed by atoms with Gasteiger partial charge in [-0.3, -0.25) is 0 Å². The molecule has 1 heterocycles. The quantitative estimate of drug-likeness (QED) is 0.796. The summed E-state index contributed by atoms with van der Waals surface area (Å²) in [6, 6.07) is 8.02. The zero-order chi connectivity index (χ0) is 15.5. The molecule has 2 rings (SSSR count). The number of aliphatic hydroxyl groups is 1. The second kappa shape index (κ2) is 6.56. The molecule has 0 spiro atoms. The highest BCUT2D eigenvalue weighted by Gasteiger charge is 2.34. The highest BCUT2D eigenvalue weighted by Crippen LogP contribution is 2.23. The maximum atomic E-state index is 10.6. The molecule has 116 valence electrons. The smallest absolute Gasteiger partial charge is 0.185 e. The van der Waals surface area contributed by atoms with Crippen LogP contribution in [-0.4, -0.2) is 40.8 Å². The molecule has 1 aromatic heterocycles. The zero-order valence-corrected chi connectivity index (χ0v) is 13.2.